The molecule has 1 aliphatic rings. The Morgan fingerprint density at radius 2 is 2.00 bits per heavy atom. The van der Waals surface area contributed by atoms with Crippen molar-refractivity contribution < 1.29 is 4.74 Å². The second kappa shape index (κ2) is 3.31. The van der Waals surface area contributed by atoms with Crippen LogP contribution in [0.3, 0.4) is 0 Å². The molecule has 0 aromatic rings. The highest BCUT2D eigenvalue weighted by Crippen LogP contribution is 2.43. The highest BCUT2D eigenvalue weighted by Gasteiger charge is 2.43. The van der Waals surface area contributed by atoms with E-state index in [1.54, 1.807) is 0 Å². The molecule has 13 heavy (non-hydrogen) atoms. The van der Waals surface area contributed by atoms with Crippen molar-refractivity contribution in [1.29, 1.82) is 5.26 Å². The zero-order valence-electron chi connectivity index (χ0n) is 9.05. The SMILES string of the molecule is CC(C)C1(C#N)CCOC(C)(C)C1. The molecule has 74 valence electrons. The smallest absolute Gasteiger partial charge is 0.0694 e. The average molecular weight is 181 g/mol. The summed E-state index contributed by atoms with van der Waals surface area (Å²) >= 11 is 0. The molecule has 0 aromatic heterocycles. The molecule has 2 heteroatoms. The fraction of sp³-hybridized carbons (Fsp3) is 0.909. The number of ether oxygens (including phenoxy) is 1. The van der Waals surface area contributed by atoms with E-state index in [-0.39, 0.29) is 11.0 Å². The van der Waals surface area contributed by atoms with E-state index >= 15 is 0 Å². The second-order valence-corrected chi connectivity index (χ2v) is 4.96. The maximum atomic E-state index is 9.24. The zero-order valence-corrected chi connectivity index (χ0v) is 9.05. The Balaban J connectivity index is 2.84. The van der Waals surface area contributed by atoms with E-state index in [1.165, 1.54) is 0 Å². The minimum Gasteiger partial charge on any atom is -0.375 e. The van der Waals surface area contributed by atoms with Crippen molar-refractivity contribution in [3.05, 3.63) is 0 Å². The molecule has 1 fully saturated rings. The van der Waals surface area contributed by atoms with Crippen LogP contribution in [0.1, 0.15) is 40.5 Å². The Kier molecular flexibility index (Phi) is 2.68. The van der Waals surface area contributed by atoms with Crippen LogP contribution >= 0.6 is 0 Å². The third-order valence-corrected chi connectivity index (χ3v) is 3.11. The van der Waals surface area contributed by atoms with Crippen molar-refractivity contribution in [2.75, 3.05) is 6.61 Å². The summed E-state index contributed by atoms with van der Waals surface area (Å²) in [5, 5.41) is 9.24. The van der Waals surface area contributed by atoms with Gasteiger partial charge in [-0.1, -0.05) is 13.8 Å². The summed E-state index contributed by atoms with van der Waals surface area (Å²) in [6, 6.07) is 2.49. The lowest BCUT2D eigenvalue weighted by atomic mass is 9.68. The van der Waals surface area contributed by atoms with Gasteiger partial charge in [0.2, 0.25) is 0 Å². The summed E-state index contributed by atoms with van der Waals surface area (Å²) < 4.78 is 5.62. The van der Waals surface area contributed by atoms with Gasteiger partial charge in [0.05, 0.1) is 17.1 Å². The predicted molar refractivity (Wildman–Crippen MR) is 52.1 cm³/mol. The Bertz CT molecular complexity index is 227. The third-order valence-electron chi connectivity index (χ3n) is 3.11. The highest BCUT2D eigenvalue weighted by molar-refractivity contribution is 5.05. The van der Waals surface area contributed by atoms with E-state index in [0.29, 0.717) is 5.92 Å². The molecule has 0 amide bonds. The quantitative estimate of drug-likeness (QED) is 0.623. The molecule has 0 N–H and O–H groups in total. The van der Waals surface area contributed by atoms with E-state index in [4.69, 9.17) is 4.74 Å². The monoisotopic (exact) mass is 181 g/mol. The maximum Gasteiger partial charge on any atom is 0.0694 e. The van der Waals surface area contributed by atoms with E-state index in [1.807, 2.05) is 0 Å². The van der Waals surface area contributed by atoms with Crippen molar-refractivity contribution in [1.82, 2.24) is 0 Å². The summed E-state index contributed by atoms with van der Waals surface area (Å²) in [4.78, 5) is 0. The summed E-state index contributed by atoms with van der Waals surface area (Å²) in [6.07, 6.45) is 1.73. The predicted octanol–water partition coefficient (Wildman–Crippen LogP) is 2.74. The van der Waals surface area contributed by atoms with Gasteiger partial charge in [-0.3, -0.25) is 0 Å². The largest absolute Gasteiger partial charge is 0.375 e. The average Bonchev–Trinajstić information content (AvgIpc) is 2.02. The van der Waals surface area contributed by atoms with E-state index < -0.39 is 0 Å². The first-order chi connectivity index (χ1) is 5.92. The molecule has 1 rings (SSSR count). The molecule has 1 heterocycles. The number of hydrogen-bond acceptors (Lipinski definition) is 2. The van der Waals surface area contributed by atoms with Crippen LogP contribution in [0.4, 0.5) is 0 Å². The van der Waals surface area contributed by atoms with Crippen molar-refractivity contribution in [2.45, 2.75) is 46.1 Å². The first-order valence-corrected chi connectivity index (χ1v) is 4.97. The fourth-order valence-electron chi connectivity index (χ4n) is 2.13. The fourth-order valence-corrected chi connectivity index (χ4v) is 2.13. The van der Waals surface area contributed by atoms with Gasteiger partial charge in [-0.25, -0.2) is 0 Å². The minimum absolute atomic E-state index is 0.127. The van der Waals surface area contributed by atoms with E-state index in [2.05, 4.69) is 33.8 Å². The molecule has 1 saturated heterocycles. The molecule has 0 spiro atoms. The lowest BCUT2D eigenvalue weighted by molar-refractivity contribution is -0.1000. The first-order valence-electron chi connectivity index (χ1n) is 4.97. The normalized spacial score (nSPS) is 32.9. The molecule has 0 saturated carbocycles. The summed E-state index contributed by atoms with van der Waals surface area (Å²) in [5.41, 5.74) is -0.292. The summed E-state index contributed by atoms with van der Waals surface area (Å²) in [6.45, 7) is 9.12. The Morgan fingerprint density at radius 1 is 1.38 bits per heavy atom. The van der Waals surface area contributed by atoms with Gasteiger partial charge in [0.25, 0.3) is 0 Å². The van der Waals surface area contributed by atoms with Crippen LogP contribution in [0.15, 0.2) is 0 Å². The molecule has 1 atom stereocenters. The lowest BCUT2D eigenvalue weighted by Gasteiger charge is -2.43. The maximum absolute atomic E-state index is 9.24. The van der Waals surface area contributed by atoms with Gasteiger partial charge in [0, 0.05) is 6.61 Å². The topological polar surface area (TPSA) is 33.0 Å². The molecule has 1 aliphatic heterocycles. The Morgan fingerprint density at radius 3 is 2.31 bits per heavy atom. The number of nitriles is 1. The third kappa shape index (κ3) is 2.03. The van der Waals surface area contributed by atoms with E-state index in [9.17, 15) is 5.26 Å². The standard InChI is InChI=1S/C11H19NO/c1-9(2)11(8-12)5-6-13-10(3,4)7-11/h9H,5-7H2,1-4H3. The van der Waals surface area contributed by atoms with Crippen LogP contribution in [-0.4, -0.2) is 12.2 Å². The number of rotatable bonds is 1. The van der Waals surface area contributed by atoms with Gasteiger partial charge in [-0.05, 0) is 32.6 Å². The molecule has 0 aliphatic carbocycles. The van der Waals surface area contributed by atoms with Crippen LogP contribution < -0.4 is 0 Å². The summed E-state index contributed by atoms with van der Waals surface area (Å²) in [7, 11) is 0. The van der Waals surface area contributed by atoms with Crippen LogP contribution in [0.2, 0.25) is 0 Å². The number of nitrogens with zero attached hydrogens (tertiary/aromatic N) is 1. The molecule has 0 radical (unpaired) electrons. The molecule has 0 aromatic carbocycles. The zero-order chi connectivity index (χ0) is 10.1. The molecule has 0 bridgehead atoms. The Labute approximate surface area is 80.9 Å². The van der Waals surface area contributed by atoms with Crippen molar-refractivity contribution in [3.63, 3.8) is 0 Å². The van der Waals surface area contributed by atoms with Gasteiger partial charge < -0.3 is 4.74 Å². The van der Waals surface area contributed by atoms with Crippen molar-refractivity contribution in [3.8, 4) is 6.07 Å². The van der Waals surface area contributed by atoms with Crippen LogP contribution in [-0.2, 0) is 4.74 Å². The molecule has 2 nitrogen and oxygen atoms in total. The van der Waals surface area contributed by atoms with Gasteiger partial charge in [0.1, 0.15) is 0 Å². The van der Waals surface area contributed by atoms with Crippen molar-refractivity contribution in [2.24, 2.45) is 11.3 Å². The highest BCUT2D eigenvalue weighted by atomic mass is 16.5. The molecular weight excluding hydrogens is 162 g/mol. The lowest BCUT2D eigenvalue weighted by Crippen LogP contribution is -2.43. The molecule has 1 unspecified atom stereocenters. The van der Waals surface area contributed by atoms with Crippen molar-refractivity contribution >= 4 is 0 Å². The van der Waals surface area contributed by atoms with Crippen LogP contribution in [0.5, 0.6) is 0 Å². The minimum atomic E-state index is -0.165. The van der Waals surface area contributed by atoms with Gasteiger partial charge in [0.15, 0.2) is 0 Å². The first kappa shape index (κ1) is 10.5. The van der Waals surface area contributed by atoms with E-state index in [0.717, 1.165) is 19.4 Å². The van der Waals surface area contributed by atoms with Gasteiger partial charge >= 0.3 is 0 Å². The Hall–Kier alpha value is -0.550. The van der Waals surface area contributed by atoms with Gasteiger partial charge in [-0.2, -0.15) is 5.26 Å². The van der Waals surface area contributed by atoms with Crippen LogP contribution in [0, 0.1) is 22.7 Å². The van der Waals surface area contributed by atoms with Gasteiger partial charge in [-0.15, -0.1) is 0 Å². The summed E-state index contributed by atoms with van der Waals surface area (Å²) in [5.74, 6) is 0.417. The van der Waals surface area contributed by atoms with Crippen LogP contribution in [0.25, 0.3) is 0 Å². The second-order valence-electron chi connectivity index (χ2n) is 4.96. The number of hydrogen-bond donors (Lipinski definition) is 0. The molecular formula is C11H19NO.